The lowest BCUT2D eigenvalue weighted by Gasteiger charge is -2.11. The average molecular weight is 218 g/mol. The van der Waals surface area contributed by atoms with Crippen LogP contribution in [0, 0.1) is 0 Å². The SMILES string of the molecule is CC(=O)C1C(=O)N(C(N)=O)c2ccccc21. The van der Waals surface area contributed by atoms with Crippen LogP contribution in [0.2, 0.25) is 0 Å². The minimum Gasteiger partial charge on any atom is -0.351 e. The third kappa shape index (κ3) is 1.29. The minimum atomic E-state index is -0.899. The molecule has 0 aliphatic carbocycles. The molecule has 1 unspecified atom stereocenters. The molecule has 1 aromatic rings. The summed E-state index contributed by atoms with van der Waals surface area (Å²) in [5, 5.41) is 0. The molecule has 2 N–H and O–H groups in total. The van der Waals surface area contributed by atoms with Crippen molar-refractivity contribution in [3.8, 4) is 0 Å². The molecule has 0 saturated carbocycles. The van der Waals surface area contributed by atoms with Crippen LogP contribution in [0.15, 0.2) is 24.3 Å². The first kappa shape index (κ1) is 10.4. The van der Waals surface area contributed by atoms with E-state index in [1.165, 1.54) is 6.92 Å². The highest BCUT2D eigenvalue weighted by Crippen LogP contribution is 2.37. The molecule has 0 radical (unpaired) electrons. The molecule has 1 heterocycles. The first-order chi connectivity index (χ1) is 7.54. The molecule has 3 amide bonds. The van der Waals surface area contributed by atoms with Crippen molar-refractivity contribution >= 4 is 23.4 Å². The third-order valence-corrected chi connectivity index (χ3v) is 2.58. The Morgan fingerprint density at radius 2 is 1.94 bits per heavy atom. The maximum Gasteiger partial charge on any atom is 0.326 e. The fraction of sp³-hybridized carbons (Fsp3) is 0.182. The van der Waals surface area contributed by atoms with Crippen molar-refractivity contribution < 1.29 is 14.4 Å². The molecule has 0 bridgehead atoms. The number of nitrogens with zero attached hydrogens (tertiary/aromatic N) is 1. The van der Waals surface area contributed by atoms with Gasteiger partial charge in [-0.2, -0.15) is 0 Å². The van der Waals surface area contributed by atoms with E-state index in [0.29, 0.717) is 11.3 Å². The lowest BCUT2D eigenvalue weighted by Crippen LogP contribution is -2.40. The highest BCUT2D eigenvalue weighted by molar-refractivity contribution is 6.26. The predicted octanol–water partition coefficient (Wildman–Crippen LogP) is 0.784. The number of hydrogen-bond acceptors (Lipinski definition) is 3. The number of benzene rings is 1. The molecule has 0 saturated heterocycles. The van der Waals surface area contributed by atoms with E-state index >= 15 is 0 Å². The van der Waals surface area contributed by atoms with Gasteiger partial charge in [0, 0.05) is 0 Å². The summed E-state index contributed by atoms with van der Waals surface area (Å²) in [5.41, 5.74) is 6.06. The van der Waals surface area contributed by atoms with Crippen molar-refractivity contribution in [1.29, 1.82) is 0 Å². The van der Waals surface area contributed by atoms with E-state index < -0.39 is 17.9 Å². The molecule has 5 nitrogen and oxygen atoms in total. The Kier molecular flexibility index (Phi) is 2.23. The number of rotatable bonds is 1. The lowest BCUT2D eigenvalue weighted by molar-refractivity contribution is -0.126. The molecule has 1 aromatic carbocycles. The zero-order valence-electron chi connectivity index (χ0n) is 8.64. The normalized spacial score (nSPS) is 18.4. The number of carbonyl (C=O) groups is 3. The number of para-hydroxylation sites is 1. The van der Waals surface area contributed by atoms with Gasteiger partial charge < -0.3 is 5.73 Å². The van der Waals surface area contributed by atoms with Gasteiger partial charge in [0.15, 0.2) is 0 Å². The number of hydrogen-bond donors (Lipinski definition) is 1. The number of nitrogens with two attached hydrogens (primary N) is 1. The fourth-order valence-electron chi connectivity index (χ4n) is 1.94. The maximum atomic E-state index is 11.8. The van der Waals surface area contributed by atoms with Crippen LogP contribution in [0.3, 0.4) is 0 Å². The molecule has 1 aliphatic rings. The first-order valence-electron chi connectivity index (χ1n) is 4.77. The molecule has 5 heteroatoms. The van der Waals surface area contributed by atoms with Gasteiger partial charge in [-0.25, -0.2) is 9.69 Å². The molecule has 1 aliphatic heterocycles. The molecular weight excluding hydrogens is 208 g/mol. The third-order valence-electron chi connectivity index (χ3n) is 2.58. The molecule has 16 heavy (non-hydrogen) atoms. The van der Waals surface area contributed by atoms with Crippen molar-refractivity contribution in [1.82, 2.24) is 0 Å². The van der Waals surface area contributed by atoms with Crippen LogP contribution in [-0.4, -0.2) is 17.7 Å². The van der Waals surface area contributed by atoms with E-state index in [-0.39, 0.29) is 5.78 Å². The predicted molar refractivity (Wildman–Crippen MR) is 56.9 cm³/mol. The van der Waals surface area contributed by atoms with Crippen LogP contribution < -0.4 is 10.6 Å². The Balaban J connectivity index is 2.61. The Morgan fingerprint density at radius 3 is 2.50 bits per heavy atom. The van der Waals surface area contributed by atoms with Crippen molar-refractivity contribution in [2.45, 2.75) is 12.8 Å². The number of fused-ring (bicyclic) bond motifs is 1. The number of urea groups is 1. The van der Waals surface area contributed by atoms with Crippen LogP contribution >= 0.6 is 0 Å². The van der Waals surface area contributed by atoms with E-state index in [1.54, 1.807) is 24.3 Å². The minimum absolute atomic E-state index is 0.291. The standard InChI is InChI=1S/C11H10N2O3/c1-6(14)9-7-4-2-3-5-8(7)13(10(9)15)11(12)16/h2-5,9H,1H3,(H2,12,16). The van der Waals surface area contributed by atoms with Gasteiger partial charge in [0.1, 0.15) is 11.7 Å². The number of ketones is 1. The summed E-state index contributed by atoms with van der Waals surface area (Å²) in [6, 6.07) is 5.79. The maximum absolute atomic E-state index is 11.8. The monoisotopic (exact) mass is 218 g/mol. The van der Waals surface area contributed by atoms with Crippen LogP contribution in [-0.2, 0) is 9.59 Å². The van der Waals surface area contributed by atoms with Gasteiger partial charge in [-0.1, -0.05) is 18.2 Å². The van der Waals surface area contributed by atoms with Crippen LogP contribution in [0.5, 0.6) is 0 Å². The van der Waals surface area contributed by atoms with E-state index in [1.807, 2.05) is 0 Å². The van der Waals surface area contributed by atoms with Crippen molar-refractivity contribution in [2.24, 2.45) is 5.73 Å². The van der Waals surface area contributed by atoms with Crippen molar-refractivity contribution in [2.75, 3.05) is 4.90 Å². The molecule has 82 valence electrons. The van der Waals surface area contributed by atoms with Crippen LogP contribution in [0.25, 0.3) is 0 Å². The molecule has 0 spiro atoms. The number of imide groups is 1. The van der Waals surface area contributed by atoms with Gasteiger partial charge in [-0.3, -0.25) is 9.59 Å². The van der Waals surface area contributed by atoms with Gasteiger partial charge >= 0.3 is 6.03 Å². The van der Waals surface area contributed by atoms with E-state index in [2.05, 4.69) is 0 Å². The average Bonchev–Trinajstić information content (AvgIpc) is 2.49. The van der Waals surface area contributed by atoms with Crippen molar-refractivity contribution in [3.63, 3.8) is 0 Å². The summed E-state index contributed by atoms with van der Waals surface area (Å²) in [4.78, 5) is 35.2. The Bertz CT molecular complexity index is 453. The van der Waals surface area contributed by atoms with Crippen molar-refractivity contribution in [3.05, 3.63) is 29.8 Å². The summed E-state index contributed by atoms with van der Waals surface area (Å²) in [6.07, 6.45) is 0. The van der Waals surface area contributed by atoms with Gasteiger partial charge in [-0.05, 0) is 18.6 Å². The first-order valence-corrected chi connectivity index (χ1v) is 4.77. The summed E-state index contributed by atoms with van der Waals surface area (Å²) in [6.45, 7) is 1.32. The second kappa shape index (κ2) is 3.44. The summed E-state index contributed by atoms with van der Waals surface area (Å²) < 4.78 is 0. The highest BCUT2D eigenvalue weighted by atomic mass is 16.2. The van der Waals surface area contributed by atoms with Gasteiger partial charge in [0.25, 0.3) is 0 Å². The number of carbonyl (C=O) groups excluding carboxylic acids is 3. The van der Waals surface area contributed by atoms with Crippen LogP contribution in [0.4, 0.5) is 10.5 Å². The molecule has 0 aromatic heterocycles. The van der Waals surface area contributed by atoms with E-state index in [4.69, 9.17) is 5.73 Å². The van der Waals surface area contributed by atoms with Crippen LogP contribution in [0.1, 0.15) is 18.4 Å². The lowest BCUT2D eigenvalue weighted by atomic mass is 9.97. The molecular formula is C11H10N2O3. The molecule has 0 fully saturated rings. The number of anilines is 1. The second-order valence-electron chi connectivity index (χ2n) is 3.61. The Labute approximate surface area is 91.8 Å². The fourth-order valence-corrected chi connectivity index (χ4v) is 1.94. The van der Waals surface area contributed by atoms with Gasteiger partial charge in [-0.15, -0.1) is 0 Å². The topological polar surface area (TPSA) is 80.5 Å². The zero-order valence-corrected chi connectivity index (χ0v) is 8.64. The number of primary amides is 1. The number of amides is 3. The molecule has 1 atom stereocenters. The smallest absolute Gasteiger partial charge is 0.326 e. The Hall–Kier alpha value is -2.17. The van der Waals surface area contributed by atoms with Gasteiger partial charge in [0.2, 0.25) is 5.91 Å². The summed E-state index contributed by atoms with van der Waals surface area (Å²) >= 11 is 0. The van der Waals surface area contributed by atoms with E-state index in [0.717, 1.165) is 4.90 Å². The molecule has 2 rings (SSSR count). The van der Waals surface area contributed by atoms with E-state index in [9.17, 15) is 14.4 Å². The summed E-state index contributed by atoms with van der Waals surface area (Å²) in [7, 11) is 0. The van der Waals surface area contributed by atoms with Gasteiger partial charge in [0.05, 0.1) is 5.69 Å². The highest BCUT2D eigenvalue weighted by Gasteiger charge is 2.42. The quantitative estimate of drug-likeness (QED) is 0.707. The number of Topliss-reactive ketones (excluding diaryl/α,β-unsaturated/α-hetero) is 1. The largest absolute Gasteiger partial charge is 0.351 e. The zero-order chi connectivity index (χ0) is 11.9. The summed E-state index contributed by atoms with van der Waals surface area (Å²) in [5.74, 6) is -1.76. The Morgan fingerprint density at radius 1 is 1.31 bits per heavy atom. The second-order valence-corrected chi connectivity index (χ2v) is 3.61.